The maximum absolute atomic E-state index is 12.7. The highest BCUT2D eigenvalue weighted by Gasteiger charge is 2.34. The van der Waals surface area contributed by atoms with Crippen LogP contribution < -0.4 is 5.73 Å². The van der Waals surface area contributed by atoms with E-state index in [4.69, 9.17) is 17.3 Å². The number of nitrogens with two attached hydrogens (primary N) is 1. The predicted octanol–water partition coefficient (Wildman–Crippen LogP) is 4.36. The number of rotatable bonds is 3. The second-order valence-corrected chi connectivity index (χ2v) is 3.80. The van der Waals surface area contributed by atoms with Gasteiger partial charge in [-0.1, -0.05) is 23.7 Å². The molecule has 0 aromatic heterocycles. The van der Waals surface area contributed by atoms with Crippen LogP contribution in [0, 0.1) is 0 Å². The average Bonchev–Trinajstić information content (AvgIpc) is 2.16. The number of benzene rings is 1. The Morgan fingerprint density at radius 1 is 1.41 bits per heavy atom. The Hall–Kier alpha value is -0.710. The second-order valence-electron chi connectivity index (χ2n) is 3.36. The molecule has 6 heteroatoms. The highest BCUT2D eigenvalue weighted by atomic mass is 35.5. The summed E-state index contributed by atoms with van der Waals surface area (Å²) >= 11 is 5.54. The summed E-state index contributed by atoms with van der Waals surface area (Å²) < 4.78 is 38.1. The molecule has 2 N–H and O–H groups in total. The Balaban J connectivity index is 0.00000256. The van der Waals surface area contributed by atoms with Gasteiger partial charge in [-0.05, 0) is 24.1 Å². The lowest BCUT2D eigenvalue weighted by Gasteiger charge is -2.17. The summed E-state index contributed by atoms with van der Waals surface area (Å²) in [5.74, 6) is 0. The third kappa shape index (κ3) is 4.22. The Kier molecular flexibility index (Phi) is 6.02. The van der Waals surface area contributed by atoms with E-state index in [0.717, 1.165) is 6.07 Å². The van der Waals surface area contributed by atoms with Gasteiger partial charge in [0.2, 0.25) is 0 Å². The first-order valence-corrected chi connectivity index (χ1v) is 4.97. The molecule has 17 heavy (non-hydrogen) atoms. The summed E-state index contributed by atoms with van der Waals surface area (Å²) in [4.78, 5) is 0. The third-order valence-electron chi connectivity index (χ3n) is 2.14. The normalized spacial score (nSPS) is 12.8. The van der Waals surface area contributed by atoms with Gasteiger partial charge in [0, 0.05) is 11.1 Å². The molecule has 0 unspecified atom stereocenters. The van der Waals surface area contributed by atoms with Gasteiger partial charge in [-0.3, -0.25) is 0 Å². The second kappa shape index (κ2) is 6.28. The smallest absolute Gasteiger partial charge is 0.324 e. The molecule has 0 radical (unpaired) electrons. The van der Waals surface area contributed by atoms with E-state index in [2.05, 4.69) is 6.58 Å². The zero-order valence-electron chi connectivity index (χ0n) is 8.80. The van der Waals surface area contributed by atoms with Crippen molar-refractivity contribution in [1.29, 1.82) is 0 Å². The Morgan fingerprint density at radius 2 is 2.00 bits per heavy atom. The van der Waals surface area contributed by atoms with Gasteiger partial charge < -0.3 is 5.73 Å². The minimum Gasteiger partial charge on any atom is -0.324 e. The summed E-state index contributed by atoms with van der Waals surface area (Å²) in [6.45, 7) is 3.45. The molecule has 0 saturated carbocycles. The number of halogens is 5. The van der Waals surface area contributed by atoms with Crippen molar-refractivity contribution in [3.05, 3.63) is 47.0 Å². The molecule has 0 heterocycles. The maximum Gasteiger partial charge on any atom is 0.416 e. The summed E-state index contributed by atoms with van der Waals surface area (Å²) in [6.07, 6.45) is -2.68. The largest absolute Gasteiger partial charge is 0.416 e. The van der Waals surface area contributed by atoms with Crippen LogP contribution in [0.25, 0.3) is 0 Å². The fraction of sp³-hybridized carbons (Fsp3) is 0.273. The van der Waals surface area contributed by atoms with E-state index >= 15 is 0 Å². The van der Waals surface area contributed by atoms with Gasteiger partial charge in [0.15, 0.2) is 0 Å². The summed E-state index contributed by atoms with van der Waals surface area (Å²) in [5.41, 5.74) is 4.89. The molecule has 1 rings (SSSR count). The quantitative estimate of drug-likeness (QED) is 0.821. The molecule has 0 aliphatic carbocycles. The van der Waals surface area contributed by atoms with E-state index < -0.39 is 17.8 Å². The van der Waals surface area contributed by atoms with E-state index in [0.29, 0.717) is 0 Å². The van der Waals surface area contributed by atoms with Crippen molar-refractivity contribution in [2.45, 2.75) is 18.6 Å². The van der Waals surface area contributed by atoms with Gasteiger partial charge in [0.1, 0.15) is 0 Å². The minimum absolute atomic E-state index is 0. The average molecular weight is 286 g/mol. The summed E-state index contributed by atoms with van der Waals surface area (Å²) in [5, 5.41) is 0.0434. The molecule has 1 nitrogen and oxygen atoms in total. The van der Waals surface area contributed by atoms with Crippen LogP contribution in [-0.4, -0.2) is 0 Å². The lowest BCUT2D eigenvalue weighted by atomic mass is 9.98. The van der Waals surface area contributed by atoms with Gasteiger partial charge in [0.25, 0.3) is 0 Å². The first kappa shape index (κ1) is 16.3. The lowest BCUT2D eigenvalue weighted by Crippen LogP contribution is -2.17. The molecule has 0 amide bonds. The zero-order valence-corrected chi connectivity index (χ0v) is 10.4. The first-order valence-electron chi connectivity index (χ1n) is 4.59. The maximum atomic E-state index is 12.7. The van der Waals surface area contributed by atoms with Crippen LogP contribution in [0.5, 0.6) is 0 Å². The van der Waals surface area contributed by atoms with Crippen molar-refractivity contribution in [1.82, 2.24) is 0 Å². The molecule has 0 aliphatic rings. The molecular formula is C11H12Cl2F3N. The van der Waals surface area contributed by atoms with Gasteiger partial charge in [0.05, 0.1) is 5.56 Å². The van der Waals surface area contributed by atoms with E-state index in [1.54, 1.807) is 0 Å². The Morgan fingerprint density at radius 3 is 2.47 bits per heavy atom. The molecule has 0 spiro atoms. The van der Waals surface area contributed by atoms with Crippen molar-refractivity contribution in [3.63, 3.8) is 0 Å². The first-order chi connectivity index (χ1) is 7.36. The third-order valence-corrected chi connectivity index (χ3v) is 2.38. The van der Waals surface area contributed by atoms with Crippen LogP contribution in [0.15, 0.2) is 30.9 Å². The van der Waals surface area contributed by atoms with Crippen molar-refractivity contribution in [2.24, 2.45) is 5.73 Å². The SMILES string of the molecule is C=CC[C@@H](N)c1ccc(Cl)cc1C(F)(F)F.Cl. The molecule has 1 atom stereocenters. The highest BCUT2D eigenvalue weighted by molar-refractivity contribution is 6.30. The van der Waals surface area contributed by atoms with E-state index in [1.165, 1.54) is 18.2 Å². The van der Waals surface area contributed by atoms with Crippen LogP contribution in [-0.2, 0) is 6.18 Å². The highest BCUT2D eigenvalue weighted by Crippen LogP contribution is 2.36. The van der Waals surface area contributed by atoms with Crippen LogP contribution >= 0.6 is 24.0 Å². The zero-order chi connectivity index (χ0) is 12.3. The van der Waals surface area contributed by atoms with Crippen LogP contribution in [0.3, 0.4) is 0 Å². The minimum atomic E-state index is -4.45. The van der Waals surface area contributed by atoms with Crippen LogP contribution in [0.2, 0.25) is 5.02 Å². The van der Waals surface area contributed by atoms with E-state index in [-0.39, 0.29) is 29.4 Å². The molecule has 0 fully saturated rings. The molecular weight excluding hydrogens is 274 g/mol. The fourth-order valence-electron chi connectivity index (χ4n) is 1.40. The van der Waals surface area contributed by atoms with Gasteiger partial charge in [-0.2, -0.15) is 13.2 Å². The monoisotopic (exact) mass is 285 g/mol. The number of hydrogen-bond acceptors (Lipinski definition) is 1. The van der Waals surface area contributed by atoms with Crippen LogP contribution in [0.4, 0.5) is 13.2 Å². The van der Waals surface area contributed by atoms with Gasteiger partial charge in [-0.25, -0.2) is 0 Å². The van der Waals surface area contributed by atoms with E-state index in [9.17, 15) is 13.2 Å². The number of alkyl halides is 3. The van der Waals surface area contributed by atoms with Crippen molar-refractivity contribution < 1.29 is 13.2 Å². The Labute approximate surface area is 109 Å². The molecule has 96 valence electrons. The lowest BCUT2D eigenvalue weighted by molar-refractivity contribution is -0.138. The van der Waals surface area contributed by atoms with Gasteiger partial charge >= 0.3 is 6.18 Å². The van der Waals surface area contributed by atoms with Crippen molar-refractivity contribution in [3.8, 4) is 0 Å². The molecule has 0 bridgehead atoms. The molecule has 1 aromatic carbocycles. The summed E-state index contributed by atoms with van der Waals surface area (Å²) in [7, 11) is 0. The molecule has 0 aliphatic heterocycles. The molecule has 0 saturated heterocycles. The van der Waals surface area contributed by atoms with Crippen molar-refractivity contribution >= 4 is 24.0 Å². The number of hydrogen-bond donors (Lipinski definition) is 1. The standard InChI is InChI=1S/C11H11ClF3N.ClH/c1-2-3-10(16)8-5-4-7(12)6-9(8)11(13,14)15;/h2,4-6,10H,1,3,16H2;1H/t10-;/m1./s1. The molecule has 1 aromatic rings. The topological polar surface area (TPSA) is 26.0 Å². The Bertz CT molecular complexity index is 391. The summed E-state index contributed by atoms with van der Waals surface area (Å²) in [6, 6.07) is 2.88. The van der Waals surface area contributed by atoms with Gasteiger partial charge in [-0.15, -0.1) is 19.0 Å². The van der Waals surface area contributed by atoms with Crippen molar-refractivity contribution in [2.75, 3.05) is 0 Å². The van der Waals surface area contributed by atoms with E-state index in [1.807, 2.05) is 0 Å². The predicted molar refractivity (Wildman–Crippen MR) is 65.4 cm³/mol. The van der Waals surface area contributed by atoms with Crippen LogP contribution in [0.1, 0.15) is 23.6 Å². The fourth-order valence-corrected chi connectivity index (χ4v) is 1.58.